The second kappa shape index (κ2) is 24.9. The van der Waals surface area contributed by atoms with E-state index in [0.717, 1.165) is 37.6 Å². The molecule has 0 aliphatic carbocycles. The van der Waals surface area contributed by atoms with Gasteiger partial charge in [-0.3, -0.25) is 18.7 Å². The Morgan fingerprint density at radius 3 is 1.19 bits per heavy atom. The predicted octanol–water partition coefficient (Wildman–Crippen LogP) is 5.03. The second-order valence-corrected chi connectivity index (χ2v) is 25.4. The minimum Gasteiger partial charge on any atom is -0.494 e. The van der Waals surface area contributed by atoms with Gasteiger partial charge in [-0.15, -0.1) is 20.4 Å². The zero-order valence-electron chi connectivity index (χ0n) is 47.2. The molecule has 4 aliphatic rings. The summed E-state index contributed by atoms with van der Waals surface area (Å²) < 4.78 is 121. The zero-order chi connectivity index (χ0) is 60.3. The van der Waals surface area contributed by atoms with Gasteiger partial charge in [0, 0.05) is 52.4 Å². The Balaban J connectivity index is 0.000000179. The van der Waals surface area contributed by atoms with Crippen molar-refractivity contribution in [3.63, 3.8) is 0 Å². The Bertz CT molecular complexity index is 3620. The van der Waals surface area contributed by atoms with Crippen LogP contribution in [0.2, 0.25) is 0 Å². The third kappa shape index (κ3) is 12.0. The molecule has 12 rings (SSSR count). The summed E-state index contributed by atoms with van der Waals surface area (Å²) in [6, 6.07) is 17.1. The standard InChI is InChI=1S/2C28H30FN7O6S/c2*1-40-21-6-3-7-22(41-2)25(21)36-24(32-33-26(36)23-8-4-11-42-23)17-43(38,39)20-12-18(27(37)34-9-5-10-34)15-35(16-20)28-30-13-19(29)14-31-28/h2*3-4,6-8,11,13-14,18,20H,5,9-10,12,15-17H2,1-2H3/t2*18-,20+/m10/s1. The number of carbonyl (C=O) groups is 2. The largest absolute Gasteiger partial charge is 0.494 e. The molecular formula is C56H60F2N14O12S2. The van der Waals surface area contributed by atoms with Crippen LogP contribution in [0.15, 0.2) is 107 Å². The summed E-state index contributed by atoms with van der Waals surface area (Å²) in [4.78, 5) is 49.5. The van der Waals surface area contributed by atoms with Crippen molar-refractivity contribution in [3.05, 3.63) is 121 Å². The highest BCUT2D eigenvalue weighted by Gasteiger charge is 2.44. The highest BCUT2D eigenvalue weighted by molar-refractivity contribution is 7.91. The lowest BCUT2D eigenvalue weighted by Crippen LogP contribution is -2.54. The van der Waals surface area contributed by atoms with E-state index < -0.39 is 65.2 Å². The van der Waals surface area contributed by atoms with Crippen molar-refractivity contribution >= 4 is 43.4 Å². The van der Waals surface area contributed by atoms with Crippen molar-refractivity contribution in [2.75, 3.05) is 90.6 Å². The first-order valence-corrected chi connectivity index (χ1v) is 30.9. The fraction of sp³-hybridized carbons (Fsp3) is 0.393. The number of nitrogens with zero attached hydrogens (tertiary/aromatic N) is 14. The van der Waals surface area contributed by atoms with Crippen LogP contribution in [0.25, 0.3) is 34.5 Å². The van der Waals surface area contributed by atoms with Crippen molar-refractivity contribution in [1.29, 1.82) is 0 Å². The first-order chi connectivity index (χ1) is 41.6. The molecular weight excluding hydrogens is 1160 g/mol. The highest BCUT2D eigenvalue weighted by atomic mass is 32.2. The molecule has 452 valence electrons. The molecule has 0 saturated carbocycles. The second-order valence-electron chi connectivity index (χ2n) is 20.8. The molecule has 86 heavy (non-hydrogen) atoms. The average molecular weight is 1220 g/mol. The number of benzene rings is 2. The Hall–Kier alpha value is -9.06. The van der Waals surface area contributed by atoms with Crippen LogP contribution in [0.5, 0.6) is 23.0 Å². The number of halogens is 2. The van der Waals surface area contributed by atoms with Crippen LogP contribution in [-0.2, 0) is 40.8 Å². The lowest BCUT2D eigenvalue weighted by atomic mass is 9.95. The quantitative estimate of drug-likeness (QED) is 0.109. The van der Waals surface area contributed by atoms with Gasteiger partial charge in [0.05, 0.1) is 88.1 Å². The summed E-state index contributed by atoms with van der Waals surface area (Å²) in [6.45, 7) is 3.05. The minimum atomic E-state index is -3.97. The number of ether oxygens (including phenoxy) is 4. The number of anilines is 2. The van der Waals surface area contributed by atoms with E-state index in [9.17, 15) is 35.2 Å². The van der Waals surface area contributed by atoms with Crippen molar-refractivity contribution in [2.45, 2.75) is 47.7 Å². The Morgan fingerprint density at radius 1 is 0.523 bits per heavy atom. The van der Waals surface area contributed by atoms with Gasteiger partial charge in [-0.25, -0.2) is 45.6 Å². The third-order valence-electron chi connectivity index (χ3n) is 15.5. The molecule has 0 bridgehead atoms. The van der Waals surface area contributed by atoms with E-state index in [0.29, 0.717) is 72.1 Å². The summed E-state index contributed by atoms with van der Waals surface area (Å²) in [5.41, 5.74) is 0.815. The Kier molecular flexibility index (Phi) is 17.0. The van der Waals surface area contributed by atoms with Crippen molar-refractivity contribution < 1.29 is 63.0 Å². The van der Waals surface area contributed by atoms with E-state index in [1.54, 1.807) is 89.4 Å². The third-order valence-corrected chi connectivity index (χ3v) is 19.5. The van der Waals surface area contributed by atoms with Gasteiger partial charge in [0.25, 0.3) is 0 Å². The van der Waals surface area contributed by atoms with Gasteiger partial charge >= 0.3 is 0 Å². The lowest BCUT2D eigenvalue weighted by Gasteiger charge is -2.40. The summed E-state index contributed by atoms with van der Waals surface area (Å²) in [5.74, 6) is -0.275. The first kappa shape index (κ1) is 58.7. The number of furan rings is 2. The fourth-order valence-electron chi connectivity index (χ4n) is 11.0. The highest BCUT2D eigenvalue weighted by Crippen LogP contribution is 2.40. The van der Waals surface area contributed by atoms with Crippen LogP contribution in [0.3, 0.4) is 0 Å². The molecule has 4 atom stereocenters. The summed E-state index contributed by atoms with van der Waals surface area (Å²) in [5, 5.41) is 15.2. The van der Waals surface area contributed by atoms with E-state index in [2.05, 4.69) is 40.3 Å². The minimum absolute atomic E-state index is 0.0227. The number of hydrogen-bond donors (Lipinski definition) is 0. The molecule has 4 fully saturated rings. The molecule has 2 aromatic carbocycles. The van der Waals surface area contributed by atoms with Gasteiger partial charge in [0.2, 0.25) is 35.4 Å². The van der Waals surface area contributed by atoms with Crippen LogP contribution < -0.4 is 28.7 Å². The topological polar surface area (TPSA) is 292 Å². The molecule has 0 N–H and O–H groups in total. The molecule has 4 aliphatic heterocycles. The maximum Gasteiger partial charge on any atom is 0.227 e. The van der Waals surface area contributed by atoms with Crippen LogP contribution in [0.4, 0.5) is 20.7 Å². The molecule has 6 aromatic heterocycles. The number of likely N-dealkylation sites (tertiary alicyclic amines) is 2. The van der Waals surface area contributed by atoms with Crippen molar-refractivity contribution in [3.8, 4) is 57.5 Å². The van der Waals surface area contributed by atoms with E-state index in [1.807, 2.05) is 0 Å². The molecule has 0 spiro atoms. The number of amides is 2. The maximum atomic E-state index is 14.2. The van der Waals surface area contributed by atoms with E-state index in [1.165, 1.54) is 41.0 Å². The first-order valence-electron chi connectivity index (χ1n) is 27.4. The smallest absolute Gasteiger partial charge is 0.227 e. The van der Waals surface area contributed by atoms with E-state index in [4.69, 9.17) is 27.8 Å². The van der Waals surface area contributed by atoms with Crippen molar-refractivity contribution in [1.82, 2.24) is 59.3 Å². The maximum absolute atomic E-state index is 14.2. The van der Waals surface area contributed by atoms with Crippen LogP contribution in [0.1, 0.15) is 37.3 Å². The number of aromatic nitrogens is 10. The SMILES string of the molecule is COc1cccc(OC)c1-n1c(CS(=O)(=O)[C@@H]2C[C@H](C(=O)N3CCC3)CN(c3ncc(F)cn3)C2)nnc1-c1ccco1.COc1cccc(OC)c1-n1c(CS(=O)(=O)[C@H]2C[C@@H](C(=O)N3CCC3)CN(c3ncc(F)cn3)C2)nnc1-c1ccco1. The number of para-hydroxylation sites is 2. The molecule has 0 unspecified atom stereocenters. The monoisotopic (exact) mass is 1220 g/mol. The fourth-order valence-corrected chi connectivity index (χ4v) is 14.4. The number of hydrogen-bond acceptors (Lipinski definition) is 22. The molecule has 0 radical (unpaired) electrons. The zero-order valence-corrected chi connectivity index (χ0v) is 48.8. The number of rotatable bonds is 18. The van der Waals surface area contributed by atoms with Crippen LogP contribution in [0, 0.1) is 23.5 Å². The molecule has 4 saturated heterocycles. The van der Waals surface area contributed by atoms with Crippen molar-refractivity contribution in [2.24, 2.45) is 11.8 Å². The summed E-state index contributed by atoms with van der Waals surface area (Å²) in [7, 11) is -1.96. The van der Waals surface area contributed by atoms with Gasteiger partial charge in [0.1, 0.15) is 45.9 Å². The number of piperidine rings is 2. The molecule has 2 amide bonds. The number of sulfone groups is 2. The molecule has 30 heteroatoms. The Morgan fingerprint density at radius 2 is 0.884 bits per heavy atom. The van der Waals surface area contributed by atoms with Gasteiger partial charge in [-0.1, -0.05) is 12.1 Å². The van der Waals surface area contributed by atoms with E-state index >= 15 is 0 Å². The number of carbonyl (C=O) groups excluding carboxylic acids is 2. The predicted molar refractivity (Wildman–Crippen MR) is 304 cm³/mol. The molecule has 26 nitrogen and oxygen atoms in total. The molecule has 10 heterocycles. The lowest BCUT2D eigenvalue weighted by molar-refractivity contribution is -0.140. The Labute approximate surface area is 492 Å². The summed E-state index contributed by atoms with van der Waals surface area (Å²) in [6.07, 6.45) is 9.09. The van der Waals surface area contributed by atoms with E-state index in [-0.39, 0.29) is 86.0 Å². The van der Waals surface area contributed by atoms with Gasteiger partial charge in [0.15, 0.2) is 54.5 Å². The number of methoxy groups -OCH3 is 4. The average Bonchev–Trinajstić information content (AvgIpc) is 1.65. The molecule has 8 aromatic rings. The van der Waals surface area contributed by atoms with Gasteiger partial charge < -0.3 is 47.4 Å². The van der Waals surface area contributed by atoms with Crippen LogP contribution in [-0.4, -0.2) is 179 Å². The normalized spacial score (nSPS) is 18.8. The summed E-state index contributed by atoms with van der Waals surface area (Å²) >= 11 is 0. The van der Waals surface area contributed by atoms with Gasteiger partial charge in [-0.2, -0.15) is 0 Å². The van der Waals surface area contributed by atoms with Gasteiger partial charge in [-0.05, 0) is 74.2 Å². The van der Waals surface area contributed by atoms with Crippen LogP contribution >= 0.6 is 0 Å².